The van der Waals surface area contributed by atoms with Crippen molar-refractivity contribution in [2.24, 2.45) is 0 Å². The van der Waals surface area contributed by atoms with Crippen molar-refractivity contribution in [1.82, 2.24) is 9.97 Å². The molecule has 0 radical (unpaired) electrons. The third kappa shape index (κ3) is 3.82. The average Bonchev–Trinajstić information content (AvgIpc) is 3.22. The van der Waals surface area contributed by atoms with Gasteiger partial charge in [0.2, 0.25) is 5.95 Å². The van der Waals surface area contributed by atoms with Gasteiger partial charge < -0.3 is 4.90 Å². The maximum absolute atomic E-state index is 13.1. The molecule has 1 aliphatic heterocycles. The Hall–Kier alpha value is -2.25. The lowest BCUT2D eigenvalue weighted by molar-refractivity contribution is 0.525. The zero-order valence-corrected chi connectivity index (χ0v) is 17.6. The molecule has 0 amide bonds. The fraction of sp³-hybridized carbons (Fsp3) is 0.333. The third-order valence-electron chi connectivity index (χ3n) is 5.17. The van der Waals surface area contributed by atoms with Crippen molar-refractivity contribution < 1.29 is 8.42 Å². The van der Waals surface area contributed by atoms with Gasteiger partial charge in [-0.2, -0.15) is 11.3 Å². The summed E-state index contributed by atoms with van der Waals surface area (Å²) in [7, 11) is -3.33. The zero-order valence-electron chi connectivity index (χ0n) is 16.0. The van der Waals surface area contributed by atoms with Crippen LogP contribution in [0.15, 0.2) is 52.1 Å². The maximum atomic E-state index is 13.1. The van der Waals surface area contributed by atoms with Gasteiger partial charge in [-0.15, -0.1) is 0 Å². The first kappa shape index (κ1) is 19.1. The SMILES string of the molecule is Cc1cc(C)nc(N2CCC(S(=O)(=O)c3ccc(-c4ccsc4)cc3)CC2)n1. The van der Waals surface area contributed by atoms with E-state index in [9.17, 15) is 8.42 Å². The van der Waals surface area contributed by atoms with Gasteiger partial charge >= 0.3 is 0 Å². The molecule has 28 heavy (non-hydrogen) atoms. The molecule has 1 fully saturated rings. The number of nitrogens with zero attached hydrogens (tertiary/aromatic N) is 3. The van der Waals surface area contributed by atoms with Gasteiger partial charge in [0.15, 0.2) is 9.84 Å². The van der Waals surface area contributed by atoms with E-state index in [-0.39, 0.29) is 5.25 Å². The van der Waals surface area contributed by atoms with E-state index in [1.807, 2.05) is 43.5 Å². The molecule has 1 saturated heterocycles. The Balaban J connectivity index is 1.47. The monoisotopic (exact) mass is 413 g/mol. The van der Waals surface area contributed by atoms with Crippen LogP contribution in [0.25, 0.3) is 11.1 Å². The van der Waals surface area contributed by atoms with Crippen molar-refractivity contribution in [3.05, 3.63) is 58.5 Å². The summed E-state index contributed by atoms with van der Waals surface area (Å²) in [5.74, 6) is 0.702. The minimum atomic E-state index is -3.33. The van der Waals surface area contributed by atoms with Crippen molar-refractivity contribution in [2.75, 3.05) is 18.0 Å². The highest BCUT2D eigenvalue weighted by atomic mass is 32.2. The first-order valence-corrected chi connectivity index (χ1v) is 11.9. The van der Waals surface area contributed by atoms with Gasteiger partial charge in [0.1, 0.15) is 0 Å². The van der Waals surface area contributed by atoms with E-state index >= 15 is 0 Å². The molecule has 146 valence electrons. The van der Waals surface area contributed by atoms with Gasteiger partial charge in [-0.3, -0.25) is 0 Å². The largest absolute Gasteiger partial charge is 0.341 e. The van der Waals surface area contributed by atoms with Crippen LogP contribution in [0.3, 0.4) is 0 Å². The second-order valence-corrected chi connectivity index (χ2v) is 10.2. The van der Waals surface area contributed by atoms with Gasteiger partial charge in [-0.25, -0.2) is 18.4 Å². The van der Waals surface area contributed by atoms with Crippen LogP contribution in [-0.4, -0.2) is 36.7 Å². The van der Waals surface area contributed by atoms with E-state index < -0.39 is 9.84 Å². The third-order valence-corrected chi connectivity index (χ3v) is 8.13. The van der Waals surface area contributed by atoms with Crippen molar-refractivity contribution in [3.8, 4) is 11.1 Å². The average molecular weight is 414 g/mol. The van der Waals surface area contributed by atoms with E-state index in [1.165, 1.54) is 0 Å². The molecular weight excluding hydrogens is 390 g/mol. The molecule has 2 aromatic heterocycles. The molecule has 1 aromatic carbocycles. The molecule has 0 aliphatic carbocycles. The van der Waals surface area contributed by atoms with Crippen molar-refractivity contribution in [1.29, 1.82) is 0 Å². The fourth-order valence-corrected chi connectivity index (χ4v) is 6.07. The summed E-state index contributed by atoms with van der Waals surface area (Å²) in [6.07, 6.45) is 1.18. The zero-order chi connectivity index (χ0) is 19.7. The smallest absolute Gasteiger partial charge is 0.225 e. The second-order valence-electron chi connectivity index (χ2n) is 7.22. The summed E-state index contributed by atoms with van der Waals surface area (Å²) in [5.41, 5.74) is 4.03. The lowest BCUT2D eigenvalue weighted by atomic mass is 10.1. The Morgan fingerprint density at radius 1 is 0.964 bits per heavy atom. The summed E-state index contributed by atoms with van der Waals surface area (Å²) >= 11 is 1.63. The highest BCUT2D eigenvalue weighted by Gasteiger charge is 2.32. The summed E-state index contributed by atoms with van der Waals surface area (Å²) in [6.45, 7) is 5.21. The predicted octanol–water partition coefficient (Wildman–Crippen LogP) is 4.26. The maximum Gasteiger partial charge on any atom is 0.225 e. The van der Waals surface area contributed by atoms with E-state index in [2.05, 4.69) is 20.2 Å². The van der Waals surface area contributed by atoms with Crippen LogP contribution in [0.4, 0.5) is 5.95 Å². The van der Waals surface area contributed by atoms with Crippen LogP contribution in [0, 0.1) is 13.8 Å². The quantitative estimate of drug-likeness (QED) is 0.639. The molecule has 1 aliphatic rings. The molecule has 0 N–H and O–H groups in total. The predicted molar refractivity (Wildman–Crippen MR) is 114 cm³/mol. The molecule has 3 heterocycles. The number of sulfone groups is 1. The molecule has 0 saturated carbocycles. The molecule has 4 rings (SSSR count). The summed E-state index contributed by atoms with van der Waals surface area (Å²) in [5, 5.41) is 3.73. The first-order valence-electron chi connectivity index (χ1n) is 9.37. The normalized spacial score (nSPS) is 15.7. The molecule has 5 nitrogen and oxygen atoms in total. The molecule has 0 spiro atoms. The number of aryl methyl sites for hydroxylation is 2. The summed E-state index contributed by atoms with van der Waals surface area (Å²) < 4.78 is 26.2. The fourth-order valence-electron chi connectivity index (χ4n) is 3.67. The van der Waals surface area contributed by atoms with E-state index in [0.29, 0.717) is 36.8 Å². The first-order chi connectivity index (χ1) is 13.4. The van der Waals surface area contributed by atoms with E-state index in [0.717, 1.165) is 22.5 Å². The number of thiophene rings is 1. The van der Waals surface area contributed by atoms with Gasteiger partial charge in [0, 0.05) is 24.5 Å². The van der Waals surface area contributed by atoms with Gasteiger partial charge in [0.05, 0.1) is 10.1 Å². The lowest BCUT2D eigenvalue weighted by Gasteiger charge is -2.32. The molecule has 3 aromatic rings. The highest BCUT2D eigenvalue weighted by Crippen LogP contribution is 2.29. The summed E-state index contributed by atoms with van der Waals surface area (Å²) in [4.78, 5) is 11.5. The molecule has 0 atom stereocenters. The number of rotatable bonds is 4. The Bertz CT molecular complexity index is 1030. The van der Waals surface area contributed by atoms with Gasteiger partial charge in [-0.1, -0.05) is 12.1 Å². The summed E-state index contributed by atoms with van der Waals surface area (Å²) in [6, 6.07) is 11.3. The van der Waals surface area contributed by atoms with Crippen molar-refractivity contribution in [2.45, 2.75) is 36.8 Å². The minimum absolute atomic E-state index is 0.360. The highest BCUT2D eigenvalue weighted by molar-refractivity contribution is 7.92. The standard InChI is InChI=1S/C21H23N3O2S2/c1-15-13-16(2)23-21(22-15)24-10-7-20(8-11-24)28(25,26)19-5-3-17(4-6-19)18-9-12-27-14-18/h3-6,9,12-14,20H,7-8,10-11H2,1-2H3. The Morgan fingerprint density at radius 2 is 1.61 bits per heavy atom. The van der Waals surface area contributed by atoms with Crippen molar-refractivity contribution >= 4 is 27.1 Å². The van der Waals surface area contributed by atoms with Crippen molar-refractivity contribution in [3.63, 3.8) is 0 Å². The van der Waals surface area contributed by atoms with Crippen LogP contribution in [0.1, 0.15) is 24.2 Å². The lowest BCUT2D eigenvalue weighted by Crippen LogP contribution is -2.40. The van der Waals surface area contributed by atoms with Crippen LogP contribution in [-0.2, 0) is 9.84 Å². The van der Waals surface area contributed by atoms with Crippen LogP contribution in [0.2, 0.25) is 0 Å². The molecule has 0 unspecified atom stereocenters. The van der Waals surface area contributed by atoms with Crippen LogP contribution < -0.4 is 4.90 Å². The minimum Gasteiger partial charge on any atom is -0.341 e. The topological polar surface area (TPSA) is 63.2 Å². The van der Waals surface area contributed by atoms with Gasteiger partial charge in [0.25, 0.3) is 0 Å². The molecule has 0 bridgehead atoms. The molecular formula is C21H23N3O2S2. The van der Waals surface area contributed by atoms with Gasteiger partial charge in [-0.05, 0) is 72.8 Å². The number of aromatic nitrogens is 2. The van der Waals surface area contributed by atoms with Crippen LogP contribution >= 0.6 is 11.3 Å². The molecule has 7 heteroatoms. The van der Waals surface area contributed by atoms with Crippen LogP contribution in [0.5, 0.6) is 0 Å². The Labute approximate surface area is 170 Å². The number of piperidine rings is 1. The number of benzene rings is 1. The van der Waals surface area contributed by atoms with E-state index in [4.69, 9.17) is 0 Å². The van der Waals surface area contributed by atoms with E-state index in [1.54, 1.807) is 23.5 Å². The Morgan fingerprint density at radius 3 is 2.18 bits per heavy atom. The second kappa shape index (κ2) is 7.64. The Kier molecular flexibility index (Phi) is 5.21. The number of hydrogen-bond acceptors (Lipinski definition) is 6. The number of anilines is 1. The number of hydrogen-bond donors (Lipinski definition) is 0.